The minimum absolute atomic E-state index is 0.00877. The van der Waals surface area contributed by atoms with Crippen molar-refractivity contribution in [3.05, 3.63) is 42.0 Å². The monoisotopic (exact) mass is 248 g/mol. The fraction of sp³-hybridized carbons (Fsp3) is 0.333. The Morgan fingerprint density at radius 3 is 2.94 bits per heavy atom. The zero-order chi connectivity index (χ0) is 13.1. The van der Waals surface area contributed by atoms with Gasteiger partial charge in [0.05, 0.1) is 18.1 Å². The van der Waals surface area contributed by atoms with Crippen LogP contribution >= 0.6 is 0 Å². The van der Waals surface area contributed by atoms with Gasteiger partial charge in [0.25, 0.3) is 5.91 Å². The molecule has 1 heterocycles. The number of carbonyl (C=O) groups excluding carboxylic acids is 1. The maximum absolute atomic E-state index is 11.4. The first-order valence-corrected chi connectivity index (χ1v) is 5.59. The van der Waals surface area contributed by atoms with E-state index >= 15 is 0 Å². The molecule has 3 N–H and O–H groups in total. The molecule has 0 aromatic carbocycles. The standard InChI is InChI=1S/C12H16N4O2/c1-8-6-16(7-14-8)10-4-3-9(12(17)15-13)5-11(10)18-2/h3-7,10-11H,13H2,1-2H3,(H,15,17). The Bertz CT molecular complexity index is 504. The molecule has 0 spiro atoms. The third kappa shape index (κ3) is 2.34. The predicted octanol–water partition coefficient (Wildman–Crippen LogP) is 0.234. The van der Waals surface area contributed by atoms with E-state index in [-0.39, 0.29) is 18.1 Å². The molecule has 0 saturated carbocycles. The topological polar surface area (TPSA) is 82.2 Å². The number of imidazole rings is 1. The Kier molecular flexibility index (Phi) is 3.59. The summed E-state index contributed by atoms with van der Waals surface area (Å²) in [6.07, 6.45) is 8.84. The molecule has 0 radical (unpaired) electrons. The summed E-state index contributed by atoms with van der Waals surface area (Å²) >= 11 is 0. The maximum atomic E-state index is 11.4. The number of aryl methyl sites for hydroxylation is 1. The van der Waals surface area contributed by atoms with Crippen molar-refractivity contribution < 1.29 is 9.53 Å². The van der Waals surface area contributed by atoms with Gasteiger partial charge in [0.15, 0.2) is 0 Å². The fourth-order valence-corrected chi connectivity index (χ4v) is 1.96. The van der Waals surface area contributed by atoms with Crippen molar-refractivity contribution in [2.75, 3.05) is 7.11 Å². The van der Waals surface area contributed by atoms with Gasteiger partial charge in [-0.3, -0.25) is 10.2 Å². The van der Waals surface area contributed by atoms with E-state index in [1.165, 1.54) is 0 Å². The number of hydrogen-bond donors (Lipinski definition) is 2. The minimum atomic E-state index is -0.325. The Labute approximate surface area is 105 Å². The number of hydrazine groups is 1. The third-order valence-corrected chi connectivity index (χ3v) is 2.89. The molecule has 1 aliphatic rings. The lowest BCUT2D eigenvalue weighted by molar-refractivity contribution is -0.117. The van der Waals surface area contributed by atoms with Gasteiger partial charge in [-0.05, 0) is 13.0 Å². The molecular weight excluding hydrogens is 232 g/mol. The second kappa shape index (κ2) is 5.16. The molecule has 6 nitrogen and oxygen atoms in total. The van der Waals surface area contributed by atoms with Crippen molar-refractivity contribution in [1.82, 2.24) is 15.0 Å². The first-order chi connectivity index (χ1) is 8.65. The van der Waals surface area contributed by atoms with Crippen LogP contribution in [0.2, 0.25) is 0 Å². The number of nitrogens with one attached hydrogen (secondary N) is 1. The van der Waals surface area contributed by atoms with Crippen LogP contribution in [0.4, 0.5) is 0 Å². The van der Waals surface area contributed by atoms with E-state index in [9.17, 15) is 4.79 Å². The lowest BCUT2D eigenvalue weighted by Crippen LogP contribution is -2.33. The number of methoxy groups -OCH3 is 1. The van der Waals surface area contributed by atoms with Crippen LogP contribution in [0.3, 0.4) is 0 Å². The number of nitrogens with two attached hydrogens (primary N) is 1. The van der Waals surface area contributed by atoms with E-state index in [1.807, 2.05) is 23.8 Å². The van der Waals surface area contributed by atoms with Crippen molar-refractivity contribution >= 4 is 5.91 Å². The SMILES string of the molecule is COC1C=C(C(=O)NN)C=CC1n1cnc(C)c1. The summed E-state index contributed by atoms with van der Waals surface area (Å²) < 4.78 is 7.35. The van der Waals surface area contributed by atoms with Crippen LogP contribution in [-0.4, -0.2) is 28.7 Å². The normalized spacial score (nSPS) is 22.7. The van der Waals surface area contributed by atoms with Gasteiger partial charge in [-0.2, -0.15) is 0 Å². The van der Waals surface area contributed by atoms with Gasteiger partial charge >= 0.3 is 0 Å². The van der Waals surface area contributed by atoms with Gasteiger partial charge in [-0.15, -0.1) is 0 Å². The second-order valence-corrected chi connectivity index (χ2v) is 4.11. The number of carbonyl (C=O) groups is 1. The van der Waals surface area contributed by atoms with E-state index in [1.54, 1.807) is 25.6 Å². The summed E-state index contributed by atoms with van der Waals surface area (Å²) in [6, 6.07) is -0.00877. The quantitative estimate of drug-likeness (QED) is 0.456. The molecule has 0 saturated heterocycles. The van der Waals surface area contributed by atoms with Gasteiger partial charge in [-0.1, -0.05) is 12.2 Å². The molecule has 1 amide bonds. The number of amides is 1. The smallest absolute Gasteiger partial charge is 0.264 e. The van der Waals surface area contributed by atoms with Crippen LogP contribution in [0.5, 0.6) is 0 Å². The highest BCUT2D eigenvalue weighted by molar-refractivity contribution is 5.96. The molecule has 0 fully saturated rings. The van der Waals surface area contributed by atoms with E-state index < -0.39 is 0 Å². The fourth-order valence-electron chi connectivity index (χ4n) is 1.96. The molecule has 1 aromatic rings. The van der Waals surface area contributed by atoms with Crippen molar-refractivity contribution in [2.45, 2.75) is 19.1 Å². The summed E-state index contributed by atoms with van der Waals surface area (Å²) in [4.78, 5) is 15.6. The molecule has 0 bridgehead atoms. The maximum Gasteiger partial charge on any atom is 0.264 e. The number of ether oxygens (including phenoxy) is 1. The summed E-state index contributed by atoms with van der Waals surface area (Å²) in [7, 11) is 1.61. The van der Waals surface area contributed by atoms with Gasteiger partial charge in [0.1, 0.15) is 6.10 Å². The molecule has 0 aliphatic heterocycles. The Hall–Kier alpha value is -1.92. The number of hydrogen-bond acceptors (Lipinski definition) is 4. The number of nitrogens with zero attached hydrogens (tertiary/aromatic N) is 2. The largest absolute Gasteiger partial charge is 0.375 e. The van der Waals surface area contributed by atoms with Crippen molar-refractivity contribution in [2.24, 2.45) is 5.84 Å². The highest BCUT2D eigenvalue weighted by Crippen LogP contribution is 2.24. The lowest BCUT2D eigenvalue weighted by atomic mass is 9.99. The van der Waals surface area contributed by atoms with Crippen LogP contribution in [-0.2, 0) is 9.53 Å². The molecular formula is C12H16N4O2. The molecule has 6 heteroatoms. The first-order valence-electron chi connectivity index (χ1n) is 5.59. The lowest BCUT2D eigenvalue weighted by Gasteiger charge is -2.25. The van der Waals surface area contributed by atoms with Gasteiger partial charge in [0.2, 0.25) is 0 Å². The molecule has 1 aromatic heterocycles. The molecule has 18 heavy (non-hydrogen) atoms. The Morgan fingerprint density at radius 1 is 1.61 bits per heavy atom. The molecule has 1 aliphatic carbocycles. The minimum Gasteiger partial charge on any atom is -0.375 e. The van der Waals surface area contributed by atoms with Gasteiger partial charge in [0, 0.05) is 18.9 Å². The highest BCUT2D eigenvalue weighted by Gasteiger charge is 2.24. The van der Waals surface area contributed by atoms with E-state index in [0.717, 1.165) is 5.69 Å². The van der Waals surface area contributed by atoms with Crippen molar-refractivity contribution in [1.29, 1.82) is 0 Å². The zero-order valence-corrected chi connectivity index (χ0v) is 10.3. The van der Waals surface area contributed by atoms with Crippen LogP contribution in [0.1, 0.15) is 11.7 Å². The third-order valence-electron chi connectivity index (χ3n) is 2.89. The average molecular weight is 248 g/mol. The first kappa shape index (κ1) is 12.5. The van der Waals surface area contributed by atoms with Crippen LogP contribution in [0.25, 0.3) is 0 Å². The predicted molar refractivity (Wildman–Crippen MR) is 66.4 cm³/mol. The van der Waals surface area contributed by atoms with Gasteiger partial charge < -0.3 is 9.30 Å². The molecule has 96 valence electrons. The van der Waals surface area contributed by atoms with Gasteiger partial charge in [-0.25, -0.2) is 10.8 Å². The summed E-state index contributed by atoms with van der Waals surface area (Å²) in [5.41, 5.74) is 3.54. The Balaban J connectivity index is 2.24. The number of rotatable bonds is 3. The van der Waals surface area contributed by atoms with Crippen molar-refractivity contribution in [3.63, 3.8) is 0 Å². The van der Waals surface area contributed by atoms with Crippen LogP contribution in [0.15, 0.2) is 36.3 Å². The van der Waals surface area contributed by atoms with E-state index in [4.69, 9.17) is 10.6 Å². The Morgan fingerprint density at radius 2 is 2.39 bits per heavy atom. The summed E-state index contributed by atoms with van der Waals surface area (Å²) in [5.74, 6) is 4.78. The molecule has 2 unspecified atom stereocenters. The molecule has 2 rings (SSSR count). The van der Waals surface area contributed by atoms with Crippen LogP contribution in [0, 0.1) is 6.92 Å². The second-order valence-electron chi connectivity index (χ2n) is 4.11. The summed E-state index contributed by atoms with van der Waals surface area (Å²) in [6.45, 7) is 1.92. The van der Waals surface area contributed by atoms with E-state index in [0.29, 0.717) is 5.57 Å². The van der Waals surface area contributed by atoms with Crippen molar-refractivity contribution in [3.8, 4) is 0 Å². The summed E-state index contributed by atoms with van der Waals surface area (Å²) in [5, 5.41) is 0. The average Bonchev–Trinajstić information content (AvgIpc) is 2.83. The highest BCUT2D eigenvalue weighted by atomic mass is 16.5. The number of aromatic nitrogens is 2. The van der Waals surface area contributed by atoms with Crippen LogP contribution < -0.4 is 11.3 Å². The van der Waals surface area contributed by atoms with E-state index in [2.05, 4.69) is 10.4 Å². The molecule has 2 atom stereocenters. The zero-order valence-electron chi connectivity index (χ0n) is 10.3.